The van der Waals surface area contributed by atoms with Gasteiger partial charge >= 0.3 is 0 Å². The van der Waals surface area contributed by atoms with Gasteiger partial charge in [0, 0.05) is 24.8 Å². The van der Waals surface area contributed by atoms with Gasteiger partial charge in [0.2, 0.25) is 5.91 Å². The second kappa shape index (κ2) is 8.35. The first-order valence-corrected chi connectivity index (χ1v) is 8.73. The van der Waals surface area contributed by atoms with Gasteiger partial charge in [-0.25, -0.2) is 8.78 Å². The van der Waals surface area contributed by atoms with E-state index < -0.39 is 11.6 Å². The molecule has 27 heavy (non-hydrogen) atoms. The molecule has 3 rings (SSSR count). The molecule has 1 saturated heterocycles. The Morgan fingerprint density at radius 2 is 1.93 bits per heavy atom. The standard InChI is InChI=1S/C20H22F2N2O3/c1-13-9-15(24-5-7-27-8-6-24)12-18(26-2)20(13)23-19(25)11-14-3-4-16(21)17(22)10-14/h3-4,9-10,12H,5-8,11H2,1-2H3,(H,23,25). The van der Waals surface area contributed by atoms with Gasteiger partial charge in [0.15, 0.2) is 11.6 Å². The van der Waals surface area contributed by atoms with Gasteiger partial charge in [0.1, 0.15) is 5.75 Å². The molecule has 7 heteroatoms. The summed E-state index contributed by atoms with van der Waals surface area (Å²) in [4.78, 5) is 14.6. The van der Waals surface area contributed by atoms with E-state index in [9.17, 15) is 13.6 Å². The number of ether oxygens (including phenoxy) is 2. The lowest BCUT2D eigenvalue weighted by molar-refractivity contribution is -0.115. The van der Waals surface area contributed by atoms with Gasteiger partial charge in [0.05, 0.1) is 32.4 Å². The van der Waals surface area contributed by atoms with Crippen molar-refractivity contribution in [1.29, 1.82) is 0 Å². The molecule has 2 aromatic carbocycles. The number of halogens is 2. The van der Waals surface area contributed by atoms with Crippen molar-refractivity contribution in [2.45, 2.75) is 13.3 Å². The zero-order valence-corrected chi connectivity index (χ0v) is 15.4. The number of hydrogen-bond acceptors (Lipinski definition) is 4. The second-order valence-electron chi connectivity index (χ2n) is 6.41. The first kappa shape index (κ1) is 19.1. The highest BCUT2D eigenvalue weighted by atomic mass is 19.2. The predicted octanol–water partition coefficient (Wildman–Crippen LogP) is 3.30. The Hall–Kier alpha value is -2.67. The molecule has 2 aromatic rings. The monoisotopic (exact) mass is 376 g/mol. The minimum Gasteiger partial charge on any atom is -0.494 e. The normalized spacial score (nSPS) is 14.1. The smallest absolute Gasteiger partial charge is 0.228 e. The molecule has 0 bridgehead atoms. The first-order chi connectivity index (χ1) is 13.0. The van der Waals surface area contributed by atoms with Crippen molar-refractivity contribution in [3.63, 3.8) is 0 Å². The number of carbonyl (C=O) groups is 1. The van der Waals surface area contributed by atoms with Crippen molar-refractivity contribution in [2.75, 3.05) is 43.6 Å². The maximum atomic E-state index is 13.3. The number of morpholine rings is 1. The number of carbonyl (C=O) groups excluding carboxylic acids is 1. The number of benzene rings is 2. The Balaban J connectivity index is 1.76. The summed E-state index contributed by atoms with van der Waals surface area (Å²) < 4.78 is 37.2. The SMILES string of the molecule is COc1cc(N2CCOCC2)cc(C)c1NC(=O)Cc1ccc(F)c(F)c1. The lowest BCUT2D eigenvalue weighted by Gasteiger charge is -2.30. The van der Waals surface area contributed by atoms with Crippen molar-refractivity contribution in [2.24, 2.45) is 0 Å². The van der Waals surface area contributed by atoms with Gasteiger partial charge in [-0.05, 0) is 36.2 Å². The Labute approximate surface area is 156 Å². The summed E-state index contributed by atoms with van der Waals surface area (Å²) in [5, 5.41) is 2.82. The molecule has 5 nitrogen and oxygen atoms in total. The van der Waals surface area contributed by atoms with Crippen LogP contribution in [0, 0.1) is 18.6 Å². The predicted molar refractivity (Wildman–Crippen MR) is 99.5 cm³/mol. The molecular formula is C20H22F2N2O3. The highest BCUT2D eigenvalue weighted by Crippen LogP contribution is 2.34. The number of rotatable bonds is 5. The topological polar surface area (TPSA) is 50.8 Å². The third kappa shape index (κ3) is 4.54. The molecule has 0 saturated carbocycles. The van der Waals surface area contributed by atoms with Crippen LogP contribution >= 0.6 is 0 Å². The average molecular weight is 376 g/mol. The number of anilines is 2. The molecule has 1 heterocycles. The van der Waals surface area contributed by atoms with Crippen LogP contribution in [0.2, 0.25) is 0 Å². The molecule has 1 aliphatic rings. The van der Waals surface area contributed by atoms with Gasteiger partial charge < -0.3 is 19.7 Å². The van der Waals surface area contributed by atoms with Crippen LogP contribution in [0.4, 0.5) is 20.2 Å². The van der Waals surface area contributed by atoms with E-state index in [0.717, 1.165) is 36.5 Å². The molecule has 0 spiro atoms. The minimum absolute atomic E-state index is 0.0645. The van der Waals surface area contributed by atoms with Crippen LogP contribution in [-0.2, 0) is 16.0 Å². The van der Waals surface area contributed by atoms with Gasteiger partial charge in [-0.2, -0.15) is 0 Å². The Bertz CT molecular complexity index is 836. The molecule has 1 amide bonds. The lowest BCUT2D eigenvalue weighted by Crippen LogP contribution is -2.36. The van der Waals surface area contributed by atoms with Crippen LogP contribution in [0.3, 0.4) is 0 Å². The fraction of sp³-hybridized carbons (Fsp3) is 0.350. The Kier molecular flexibility index (Phi) is 5.91. The first-order valence-electron chi connectivity index (χ1n) is 8.73. The maximum absolute atomic E-state index is 13.3. The van der Waals surface area contributed by atoms with E-state index >= 15 is 0 Å². The van der Waals surface area contributed by atoms with E-state index in [0.29, 0.717) is 30.2 Å². The molecule has 0 radical (unpaired) electrons. The summed E-state index contributed by atoms with van der Waals surface area (Å²) in [6, 6.07) is 7.30. The molecule has 144 valence electrons. The van der Waals surface area contributed by atoms with Crippen LogP contribution in [-0.4, -0.2) is 39.3 Å². The van der Waals surface area contributed by atoms with Gasteiger partial charge in [-0.1, -0.05) is 6.07 Å². The van der Waals surface area contributed by atoms with Crippen LogP contribution < -0.4 is 15.0 Å². The number of nitrogens with one attached hydrogen (secondary N) is 1. The highest BCUT2D eigenvalue weighted by Gasteiger charge is 2.17. The van der Waals surface area contributed by atoms with Crippen LogP contribution in [0.5, 0.6) is 5.75 Å². The van der Waals surface area contributed by atoms with E-state index in [1.807, 2.05) is 19.1 Å². The molecule has 0 aromatic heterocycles. The summed E-state index contributed by atoms with van der Waals surface area (Å²) in [6.45, 7) is 4.83. The second-order valence-corrected chi connectivity index (χ2v) is 6.41. The number of nitrogens with zero attached hydrogens (tertiary/aromatic N) is 1. The van der Waals surface area contributed by atoms with E-state index in [1.165, 1.54) is 6.07 Å². The third-order valence-corrected chi connectivity index (χ3v) is 4.49. The van der Waals surface area contributed by atoms with Gasteiger partial charge in [-0.15, -0.1) is 0 Å². The fourth-order valence-electron chi connectivity index (χ4n) is 3.08. The number of methoxy groups -OCH3 is 1. The molecule has 1 fully saturated rings. The Morgan fingerprint density at radius 1 is 1.19 bits per heavy atom. The average Bonchev–Trinajstić information content (AvgIpc) is 2.67. The molecule has 0 unspecified atom stereocenters. The quantitative estimate of drug-likeness (QED) is 0.870. The van der Waals surface area contributed by atoms with E-state index in [4.69, 9.17) is 9.47 Å². The molecule has 0 atom stereocenters. The molecule has 1 aliphatic heterocycles. The lowest BCUT2D eigenvalue weighted by atomic mass is 10.1. The van der Waals surface area contributed by atoms with Gasteiger partial charge in [-0.3, -0.25) is 4.79 Å². The summed E-state index contributed by atoms with van der Waals surface area (Å²) in [6.07, 6.45) is -0.0645. The van der Waals surface area contributed by atoms with Crippen molar-refractivity contribution in [3.8, 4) is 5.75 Å². The maximum Gasteiger partial charge on any atom is 0.228 e. The number of hydrogen-bond donors (Lipinski definition) is 1. The highest BCUT2D eigenvalue weighted by molar-refractivity contribution is 5.95. The summed E-state index contributed by atoms with van der Waals surface area (Å²) in [7, 11) is 1.54. The Morgan fingerprint density at radius 3 is 2.59 bits per heavy atom. The van der Waals surface area contributed by atoms with Crippen LogP contribution in [0.25, 0.3) is 0 Å². The van der Waals surface area contributed by atoms with Gasteiger partial charge in [0.25, 0.3) is 0 Å². The molecular weight excluding hydrogens is 354 g/mol. The van der Waals surface area contributed by atoms with E-state index in [2.05, 4.69) is 10.2 Å². The van der Waals surface area contributed by atoms with Crippen molar-refractivity contribution < 1.29 is 23.0 Å². The summed E-state index contributed by atoms with van der Waals surface area (Å²) in [5.74, 6) is -1.68. The zero-order chi connectivity index (χ0) is 19.4. The van der Waals surface area contributed by atoms with Crippen molar-refractivity contribution >= 4 is 17.3 Å². The minimum atomic E-state index is -0.969. The van der Waals surface area contributed by atoms with Crippen molar-refractivity contribution in [1.82, 2.24) is 0 Å². The third-order valence-electron chi connectivity index (χ3n) is 4.49. The number of amides is 1. The molecule has 1 N–H and O–H groups in total. The van der Waals surface area contributed by atoms with Crippen LogP contribution in [0.15, 0.2) is 30.3 Å². The summed E-state index contributed by atoms with van der Waals surface area (Å²) in [5.41, 5.74) is 2.83. The van der Waals surface area contributed by atoms with E-state index in [-0.39, 0.29) is 12.3 Å². The zero-order valence-electron chi connectivity index (χ0n) is 15.4. The fourth-order valence-corrected chi connectivity index (χ4v) is 3.08. The van der Waals surface area contributed by atoms with E-state index in [1.54, 1.807) is 7.11 Å². The largest absolute Gasteiger partial charge is 0.494 e. The van der Waals surface area contributed by atoms with Crippen molar-refractivity contribution in [3.05, 3.63) is 53.1 Å². The summed E-state index contributed by atoms with van der Waals surface area (Å²) >= 11 is 0. The number of aryl methyl sites for hydroxylation is 1. The van der Waals surface area contributed by atoms with Crippen LogP contribution in [0.1, 0.15) is 11.1 Å². The molecule has 0 aliphatic carbocycles.